The van der Waals surface area contributed by atoms with Crippen LogP contribution in [0.4, 0.5) is 0 Å². The van der Waals surface area contributed by atoms with Crippen molar-refractivity contribution in [1.29, 1.82) is 0 Å². The smallest absolute Gasteiger partial charge is 0.338 e. The normalized spacial score (nSPS) is 11.3. The first-order valence-corrected chi connectivity index (χ1v) is 6.15. The Hall–Kier alpha value is -1.39. The van der Waals surface area contributed by atoms with Crippen molar-refractivity contribution in [2.75, 3.05) is 13.2 Å². The lowest BCUT2D eigenvalue weighted by Gasteiger charge is -2.19. The number of nitrogens with one attached hydrogen (secondary N) is 1. The van der Waals surface area contributed by atoms with Crippen LogP contribution in [-0.2, 0) is 11.2 Å². The van der Waals surface area contributed by atoms with E-state index in [4.69, 9.17) is 10.5 Å². The number of ether oxygens (including phenoxy) is 1. The maximum absolute atomic E-state index is 11.8. The van der Waals surface area contributed by atoms with Crippen molar-refractivity contribution < 1.29 is 9.53 Å². The van der Waals surface area contributed by atoms with Gasteiger partial charge in [0, 0.05) is 13.2 Å². The summed E-state index contributed by atoms with van der Waals surface area (Å²) in [5.74, 6) is -0.283. The van der Waals surface area contributed by atoms with Crippen LogP contribution in [0.1, 0.15) is 36.7 Å². The SMILES string of the molecule is CC(C)(C)OC(=O)c1ccc(CCNCN)cc1. The Labute approximate surface area is 109 Å². The fourth-order valence-corrected chi connectivity index (χ4v) is 1.48. The maximum Gasteiger partial charge on any atom is 0.338 e. The van der Waals surface area contributed by atoms with Gasteiger partial charge in [0.1, 0.15) is 5.60 Å². The number of benzene rings is 1. The zero-order valence-corrected chi connectivity index (χ0v) is 11.3. The lowest BCUT2D eigenvalue weighted by atomic mass is 10.1. The van der Waals surface area contributed by atoms with Gasteiger partial charge in [0.25, 0.3) is 0 Å². The highest BCUT2D eigenvalue weighted by atomic mass is 16.6. The minimum absolute atomic E-state index is 0.283. The number of hydrogen-bond acceptors (Lipinski definition) is 4. The maximum atomic E-state index is 11.8. The summed E-state index contributed by atoms with van der Waals surface area (Å²) in [5.41, 5.74) is 6.64. The van der Waals surface area contributed by atoms with Crippen LogP contribution in [0.2, 0.25) is 0 Å². The molecule has 0 amide bonds. The number of carbonyl (C=O) groups is 1. The molecule has 0 radical (unpaired) electrons. The van der Waals surface area contributed by atoms with Crippen molar-refractivity contribution >= 4 is 5.97 Å². The number of hydrogen-bond donors (Lipinski definition) is 2. The Morgan fingerprint density at radius 2 is 1.89 bits per heavy atom. The average molecular weight is 250 g/mol. The molecule has 0 saturated heterocycles. The topological polar surface area (TPSA) is 64.3 Å². The summed E-state index contributed by atoms with van der Waals surface area (Å²) >= 11 is 0. The van der Waals surface area contributed by atoms with Crippen LogP contribution < -0.4 is 11.1 Å². The second kappa shape index (κ2) is 6.52. The van der Waals surface area contributed by atoms with Gasteiger partial charge in [-0.15, -0.1) is 0 Å². The van der Waals surface area contributed by atoms with E-state index >= 15 is 0 Å². The van der Waals surface area contributed by atoms with E-state index in [9.17, 15) is 4.79 Å². The first-order valence-electron chi connectivity index (χ1n) is 6.15. The third-order valence-corrected chi connectivity index (χ3v) is 2.32. The van der Waals surface area contributed by atoms with Gasteiger partial charge in [0.15, 0.2) is 0 Å². The highest BCUT2D eigenvalue weighted by molar-refractivity contribution is 5.89. The lowest BCUT2D eigenvalue weighted by molar-refractivity contribution is 0.00695. The second-order valence-corrected chi connectivity index (χ2v) is 5.15. The molecule has 0 aromatic heterocycles. The molecule has 4 heteroatoms. The lowest BCUT2D eigenvalue weighted by Crippen LogP contribution is -2.24. The van der Waals surface area contributed by atoms with Crippen molar-refractivity contribution in [2.24, 2.45) is 5.73 Å². The average Bonchev–Trinajstić information content (AvgIpc) is 2.28. The Morgan fingerprint density at radius 1 is 1.28 bits per heavy atom. The molecule has 1 aromatic rings. The van der Waals surface area contributed by atoms with Crippen molar-refractivity contribution in [2.45, 2.75) is 32.8 Å². The minimum Gasteiger partial charge on any atom is -0.456 e. The van der Waals surface area contributed by atoms with Crippen LogP contribution in [0.3, 0.4) is 0 Å². The second-order valence-electron chi connectivity index (χ2n) is 5.15. The third kappa shape index (κ3) is 5.29. The van der Waals surface area contributed by atoms with Crippen molar-refractivity contribution in [3.8, 4) is 0 Å². The number of rotatable bonds is 5. The zero-order valence-electron chi connectivity index (χ0n) is 11.3. The van der Waals surface area contributed by atoms with Crippen molar-refractivity contribution in [3.63, 3.8) is 0 Å². The summed E-state index contributed by atoms with van der Waals surface area (Å²) in [5, 5.41) is 3.05. The fraction of sp³-hybridized carbons (Fsp3) is 0.500. The zero-order chi connectivity index (χ0) is 13.6. The van der Waals surface area contributed by atoms with Crippen LogP contribution in [-0.4, -0.2) is 24.8 Å². The van der Waals surface area contributed by atoms with Gasteiger partial charge in [0.2, 0.25) is 0 Å². The predicted molar refractivity (Wildman–Crippen MR) is 72.4 cm³/mol. The van der Waals surface area contributed by atoms with Crippen LogP contribution in [0.25, 0.3) is 0 Å². The first kappa shape index (κ1) is 14.7. The minimum atomic E-state index is -0.458. The molecule has 0 aliphatic heterocycles. The molecule has 0 atom stereocenters. The molecule has 18 heavy (non-hydrogen) atoms. The summed E-state index contributed by atoms with van der Waals surface area (Å²) in [6.45, 7) is 6.89. The van der Waals surface area contributed by atoms with Gasteiger partial charge in [-0.05, 0) is 44.9 Å². The van der Waals surface area contributed by atoms with Crippen LogP contribution in [0.15, 0.2) is 24.3 Å². The van der Waals surface area contributed by atoms with E-state index in [1.165, 1.54) is 5.56 Å². The van der Waals surface area contributed by atoms with E-state index in [1.54, 1.807) is 12.1 Å². The van der Waals surface area contributed by atoms with Gasteiger partial charge in [-0.3, -0.25) is 0 Å². The summed E-state index contributed by atoms with van der Waals surface area (Å²) in [6, 6.07) is 7.48. The van der Waals surface area contributed by atoms with Gasteiger partial charge in [-0.1, -0.05) is 12.1 Å². The van der Waals surface area contributed by atoms with Gasteiger partial charge < -0.3 is 15.8 Å². The summed E-state index contributed by atoms with van der Waals surface area (Å²) < 4.78 is 5.29. The highest BCUT2D eigenvalue weighted by Gasteiger charge is 2.17. The van der Waals surface area contributed by atoms with Crippen LogP contribution in [0, 0.1) is 0 Å². The molecule has 100 valence electrons. The Bertz CT molecular complexity index is 380. The summed E-state index contributed by atoms with van der Waals surface area (Å²) in [7, 11) is 0. The fourth-order valence-electron chi connectivity index (χ4n) is 1.48. The predicted octanol–water partition coefficient (Wildman–Crippen LogP) is 1.69. The number of carbonyl (C=O) groups excluding carboxylic acids is 1. The van der Waals surface area contributed by atoms with E-state index in [0.29, 0.717) is 12.2 Å². The molecule has 0 heterocycles. The molecule has 1 aromatic carbocycles. The van der Waals surface area contributed by atoms with E-state index < -0.39 is 5.60 Å². The van der Waals surface area contributed by atoms with Crippen molar-refractivity contribution in [1.82, 2.24) is 5.32 Å². The molecule has 0 aliphatic rings. The van der Waals surface area contributed by atoms with Gasteiger partial charge in [0.05, 0.1) is 5.56 Å². The Kier molecular flexibility index (Phi) is 5.31. The highest BCUT2D eigenvalue weighted by Crippen LogP contribution is 2.13. The van der Waals surface area contributed by atoms with Gasteiger partial charge in [-0.2, -0.15) is 0 Å². The Morgan fingerprint density at radius 3 is 2.39 bits per heavy atom. The monoisotopic (exact) mass is 250 g/mol. The van der Waals surface area contributed by atoms with E-state index in [-0.39, 0.29) is 5.97 Å². The van der Waals surface area contributed by atoms with E-state index in [1.807, 2.05) is 32.9 Å². The van der Waals surface area contributed by atoms with Gasteiger partial charge >= 0.3 is 5.97 Å². The molecule has 0 bridgehead atoms. The number of esters is 1. The largest absolute Gasteiger partial charge is 0.456 e. The number of nitrogens with two attached hydrogens (primary N) is 1. The quantitative estimate of drug-likeness (QED) is 0.474. The molecular weight excluding hydrogens is 228 g/mol. The molecule has 0 saturated carbocycles. The van der Waals surface area contributed by atoms with Crippen LogP contribution >= 0.6 is 0 Å². The van der Waals surface area contributed by atoms with Gasteiger partial charge in [-0.25, -0.2) is 4.79 Å². The molecule has 0 unspecified atom stereocenters. The molecule has 0 spiro atoms. The van der Waals surface area contributed by atoms with E-state index in [0.717, 1.165) is 13.0 Å². The molecule has 1 rings (SSSR count). The van der Waals surface area contributed by atoms with E-state index in [2.05, 4.69) is 5.32 Å². The van der Waals surface area contributed by atoms with Crippen molar-refractivity contribution in [3.05, 3.63) is 35.4 Å². The summed E-state index contributed by atoms with van der Waals surface area (Å²) in [4.78, 5) is 11.8. The summed E-state index contributed by atoms with van der Waals surface area (Å²) in [6.07, 6.45) is 0.895. The molecule has 4 nitrogen and oxygen atoms in total. The molecule has 0 fully saturated rings. The molecule has 0 aliphatic carbocycles. The standard InChI is InChI=1S/C14H22N2O2/c1-14(2,3)18-13(17)12-6-4-11(5-7-12)8-9-16-10-15/h4-7,16H,8-10,15H2,1-3H3. The van der Waals surface area contributed by atoms with Crippen LogP contribution in [0.5, 0.6) is 0 Å². The Balaban J connectivity index is 2.57. The molecule has 3 N–H and O–H groups in total. The third-order valence-electron chi connectivity index (χ3n) is 2.32. The first-order chi connectivity index (χ1) is 8.42. The molecular formula is C14H22N2O2.